The van der Waals surface area contributed by atoms with Crippen LogP contribution in [0, 0.1) is 0 Å². The molecule has 0 aliphatic heterocycles. The molecule has 0 aromatic carbocycles. The maximum absolute atomic E-state index is 8.71. The Morgan fingerprint density at radius 2 is 2.04 bits per heavy atom. The largest absolute Gasteiger partial charge is 0.395 e. The molecule has 3 heterocycles. The van der Waals surface area contributed by atoms with E-state index in [1.807, 2.05) is 35.4 Å². The molecule has 2 N–H and O–H groups in total. The summed E-state index contributed by atoms with van der Waals surface area (Å²) in [4.78, 5) is 8.71. The molecular weight excluding hydrogens is 314 g/mol. The first-order chi connectivity index (χ1) is 11.3. The maximum Gasteiger partial charge on any atom is 0.129 e. The molecule has 0 spiro atoms. The highest BCUT2D eigenvalue weighted by Gasteiger charge is 2.05. The third kappa shape index (κ3) is 4.04. The number of aryl methyl sites for hydroxylation is 1. The first-order valence-corrected chi connectivity index (χ1v) is 7.91. The Balaban J connectivity index is 1.70. The summed E-state index contributed by atoms with van der Waals surface area (Å²) in [7, 11) is 0. The van der Waals surface area contributed by atoms with Gasteiger partial charge in [0.05, 0.1) is 23.8 Å². The predicted molar refractivity (Wildman–Crippen MR) is 90.3 cm³/mol. The maximum atomic E-state index is 8.71. The van der Waals surface area contributed by atoms with Gasteiger partial charge in [0.1, 0.15) is 5.15 Å². The van der Waals surface area contributed by atoms with Crippen molar-refractivity contribution >= 4 is 22.6 Å². The van der Waals surface area contributed by atoms with Gasteiger partial charge in [-0.25, -0.2) is 4.98 Å². The quantitative estimate of drug-likeness (QED) is 0.512. The fourth-order valence-electron chi connectivity index (χ4n) is 2.34. The van der Waals surface area contributed by atoms with E-state index in [1.165, 1.54) is 0 Å². The average Bonchev–Trinajstić information content (AvgIpc) is 3.03. The first kappa shape index (κ1) is 15.9. The molecule has 7 heteroatoms. The SMILES string of the molecule is OCCNCCCn1cc(-c2cnc3ccc(Cl)nc3c2)cn1. The van der Waals surface area contributed by atoms with Crippen LogP contribution >= 0.6 is 11.6 Å². The molecule has 0 aliphatic carbocycles. The number of aliphatic hydroxyl groups excluding tert-OH is 1. The van der Waals surface area contributed by atoms with Crippen LogP contribution in [0.1, 0.15) is 6.42 Å². The summed E-state index contributed by atoms with van der Waals surface area (Å²) in [6, 6.07) is 5.56. The third-order valence-electron chi connectivity index (χ3n) is 3.50. The highest BCUT2D eigenvalue weighted by molar-refractivity contribution is 6.29. The lowest BCUT2D eigenvalue weighted by atomic mass is 10.1. The van der Waals surface area contributed by atoms with Gasteiger partial charge < -0.3 is 10.4 Å². The van der Waals surface area contributed by atoms with Crippen LogP contribution in [0.3, 0.4) is 0 Å². The first-order valence-electron chi connectivity index (χ1n) is 7.53. The molecule has 0 saturated carbocycles. The molecule has 0 bridgehead atoms. The minimum absolute atomic E-state index is 0.166. The molecule has 0 amide bonds. The number of aromatic nitrogens is 4. The van der Waals surface area contributed by atoms with Crippen molar-refractivity contribution < 1.29 is 5.11 Å². The minimum Gasteiger partial charge on any atom is -0.395 e. The van der Waals surface area contributed by atoms with Crippen molar-refractivity contribution in [3.63, 3.8) is 0 Å². The number of fused-ring (bicyclic) bond motifs is 1. The van der Waals surface area contributed by atoms with Gasteiger partial charge in [-0.05, 0) is 31.2 Å². The molecule has 3 aromatic rings. The molecule has 120 valence electrons. The normalized spacial score (nSPS) is 11.2. The second-order valence-corrected chi connectivity index (χ2v) is 5.60. The summed E-state index contributed by atoms with van der Waals surface area (Å²) in [5.74, 6) is 0. The number of nitrogens with one attached hydrogen (secondary N) is 1. The van der Waals surface area contributed by atoms with Crippen LogP contribution in [0.15, 0.2) is 36.8 Å². The Hall–Kier alpha value is -2.02. The second-order valence-electron chi connectivity index (χ2n) is 5.22. The molecule has 0 fully saturated rings. The molecule has 0 radical (unpaired) electrons. The zero-order chi connectivity index (χ0) is 16.1. The van der Waals surface area contributed by atoms with E-state index in [9.17, 15) is 0 Å². The van der Waals surface area contributed by atoms with Crippen molar-refractivity contribution in [2.45, 2.75) is 13.0 Å². The Kier molecular flexibility index (Phi) is 5.17. The Morgan fingerprint density at radius 3 is 2.91 bits per heavy atom. The predicted octanol–water partition coefficient (Wildman–Crippen LogP) is 2.12. The molecule has 6 nitrogen and oxygen atoms in total. The Morgan fingerprint density at radius 1 is 1.13 bits per heavy atom. The summed E-state index contributed by atoms with van der Waals surface area (Å²) < 4.78 is 1.91. The van der Waals surface area contributed by atoms with Crippen LogP contribution < -0.4 is 5.32 Å². The lowest BCUT2D eigenvalue weighted by Crippen LogP contribution is -2.20. The van der Waals surface area contributed by atoms with E-state index in [4.69, 9.17) is 16.7 Å². The van der Waals surface area contributed by atoms with Gasteiger partial charge in [-0.15, -0.1) is 0 Å². The monoisotopic (exact) mass is 331 g/mol. The molecule has 0 aliphatic rings. The van der Waals surface area contributed by atoms with E-state index in [0.717, 1.165) is 41.7 Å². The van der Waals surface area contributed by atoms with Crippen LogP contribution in [0.2, 0.25) is 5.15 Å². The molecular formula is C16H18ClN5O. The molecule has 0 saturated heterocycles. The molecule has 0 unspecified atom stereocenters. The van der Waals surface area contributed by atoms with Gasteiger partial charge in [0.25, 0.3) is 0 Å². The standard InChI is InChI=1S/C16H18ClN5O/c17-16-3-2-14-15(21-16)8-12(9-19-14)13-10-20-22(11-13)6-1-4-18-5-7-23/h2-3,8-11,18,23H,1,4-7H2. The summed E-state index contributed by atoms with van der Waals surface area (Å²) >= 11 is 5.94. The van der Waals surface area contributed by atoms with Crippen molar-refractivity contribution in [1.82, 2.24) is 25.1 Å². The smallest absolute Gasteiger partial charge is 0.129 e. The molecule has 3 rings (SSSR count). The van der Waals surface area contributed by atoms with E-state index in [2.05, 4.69) is 20.4 Å². The van der Waals surface area contributed by atoms with Gasteiger partial charge in [-0.1, -0.05) is 11.6 Å². The molecule has 0 atom stereocenters. The van der Waals surface area contributed by atoms with Gasteiger partial charge in [-0.2, -0.15) is 5.10 Å². The van der Waals surface area contributed by atoms with Crippen molar-refractivity contribution in [2.75, 3.05) is 19.7 Å². The number of hydrogen-bond acceptors (Lipinski definition) is 5. The number of aliphatic hydroxyl groups is 1. The van der Waals surface area contributed by atoms with Gasteiger partial charge in [-0.3, -0.25) is 9.67 Å². The van der Waals surface area contributed by atoms with Crippen LogP contribution in [-0.2, 0) is 6.54 Å². The van der Waals surface area contributed by atoms with Crippen LogP contribution in [0.4, 0.5) is 0 Å². The van der Waals surface area contributed by atoms with E-state index in [0.29, 0.717) is 11.7 Å². The molecule has 23 heavy (non-hydrogen) atoms. The Bertz CT molecular complexity index is 789. The van der Waals surface area contributed by atoms with Crippen molar-refractivity contribution in [3.05, 3.63) is 41.9 Å². The van der Waals surface area contributed by atoms with Gasteiger partial charge >= 0.3 is 0 Å². The summed E-state index contributed by atoms with van der Waals surface area (Å²) in [5.41, 5.74) is 3.57. The topological polar surface area (TPSA) is 75.9 Å². The number of nitrogens with zero attached hydrogens (tertiary/aromatic N) is 4. The highest BCUT2D eigenvalue weighted by atomic mass is 35.5. The van der Waals surface area contributed by atoms with E-state index in [1.54, 1.807) is 6.07 Å². The lowest BCUT2D eigenvalue weighted by Gasteiger charge is -2.03. The van der Waals surface area contributed by atoms with Crippen molar-refractivity contribution in [1.29, 1.82) is 0 Å². The van der Waals surface area contributed by atoms with Gasteiger partial charge in [0, 0.05) is 36.6 Å². The lowest BCUT2D eigenvalue weighted by molar-refractivity contribution is 0.291. The van der Waals surface area contributed by atoms with Crippen LogP contribution in [0.25, 0.3) is 22.2 Å². The zero-order valence-corrected chi connectivity index (χ0v) is 13.4. The average molecular weight is 332 g/mol. The van der Waals surface area contributed by atoms with Gasteiger partial charge in [0.2, 0.25) is 0 Å². The van der Waals surface area contributed by atoms with Crippen LogP contribution in [-0.4, -0.2) is 44.6 Å². The summed E-state index contributed by atoms with van der Waals surface area (Å²) in [6.45, 7) is 2.47. The second kappa shape index (κ2) is 7.50. The van der Waals surface area contributed by atoms with Crippen molar-refractivity contribution in [3.8, 4) is 11.1 Å². The summed E-state index contributed by atoms with van der Waals surface area (Å²) in [6.07, 6.45) is 6.60. The van der Waals surface area contributed by atoms with Crippen LogP contribution in [0.5, 0.6) is 0 Å². The number of pyridine rings is 2. The summed E-state index contributed by atoms with van der Waals surface area (Å²) in [5, 5.41) is 16.7. The number of halogens is 1. The number of rotatable bonds is 7. The fourth-order valence-corrected chi connectivity index (χ4v) is 2.50. The van der Waals surface area contributed by atoms with E-state index >= 15 is 0 Å². The van der Waals surface area contributed by atoms with E-state index < -0.39 is 0 Å². The van der Waals surface area contributed by atoms with E-state index in [-0.39, 0.29) is 6.61 Å². The minimum atomic E-state index is 0.166. The third-order valence-corrected chi connectivity index (χ3v) is 3.71. The zero-order valence-electron chi connectivity index (χ0n) is 12.6. The Labute approximate surface area is 139 Å². The van der Waals surface area contributed by atoms with Crippen molar-refractivity contribution in [2.24, 2.45) is 0 Å². The van der Waals surface area contributed by atoms with Gasteiger partial charge in [0.15, 0.2) is 0 Å². The number of hydrogen-bond donors (Lipinski definition) is 2. The molecule has 3 aromatic heterocycles. The fraction of sp³-hybridized carbons (Fsp3) is 0.312. The highest BCUT2D eigenvalue weighted by Crippen LogP contribution is 2.22.